The van der Waals surface area contributed by atoms with Gasteiger partial charge in [0.15, 0.2) is 0 Å². The quantitative estimate of drug-likeness (QED) is 0.576. The van der Waals surface area contributed by atoms with Crippen molar-refractivity contribution in [2.75, 3.05) is 13.4 Å². The van der Waals surface area contributed by atoms with Crippen LogP contribution in [0.15, 0.2) is 36.4 Å². The van der Waals surface area contributed by atoms with Crippen LogP contribution in [-0.2, 0) is 15.9 Å². The second kappa shape index (κ2) is 8.97. The third-order valence-corrected chi connectivity index (χ3v) is 3.64. The number of rotatable bonds is 7. The van der Waals surface area contributed by atoms with E-state index in [1.54, 1.807) is 13.0 Å². The number of aryl methyl sites for hydroxylation is 2. The van der Waals surface area contributed by atoms with Gasteiger partial charge in [-0.1, -0.05) is 43.2 Å². The molecule has 0 atom stereocenters. The lowest BCUT2D eigenvalue weighted by Gasteiger charge is -2.15. The zero-order chi connectivity index (χ0) is 18.2. The maximum absolute atomic E-state index is 11.3. The molecule has 0 aromatic heterocycles. The predicted octanol–water partition coefficient (Wildman–Crippen LogP) is 4.83. The zero-order valence-electron chi connectivity index (χ0n) is 14.9. The van der Waals surface area contributed by atoms with Gasteiger partial charge in [-0.15, -0.1) is 0 Å². The normalized spacial score (nSPS) is 10.4. The summed E-state index contributed by atoms with van der Waals surface area (Å²) in [5.41, 5.74) is 3.45. The second-order valence-electron chi connectivity index (χ2n) is 5.70. The van der Waals surface area contributed by atoms with E-state index in [1.165, 1.54) is 0 Å². The Morgan fingerprint density at radius 2 is 1.92 bits per heavy atom. The average molecular weight is 344 g/mol. The molecule has 0 fully saturated rings. The molecule has 2 aromatic carbocycles. The van der Waals surface area contributed by atoms with Gasteiger partial charge in [0.05, 0.1) is 12.2 Å². The van der Waals surface area contributed by atoms with Crippen molar-refractivity contribution in [1.29, 1.82) is 0 Å². The van der Waals surface area contributed by atoms with Gasteiger partial charge >= 0.3 is 6.16 Å². The highest BCUT2D eigenvalue weighted by Crippen LogP contribution is 2.39. The number of aromatic hydroxyl groups is 1. The highest BCUT2D eigenvalue weighted by atomic mass is 16.8. The highest BCUT2D eigenvalue weighted by Gasteiger charge is 2.15. The molecule has 0 heterocycles. The molecule has 5 heteroatoms. The molecule has 0 aliphatic heterocycles. The van der Waals surface area contributed by atoms with Crippen LogP contribution in [0.2, 0.25) is 0 Å². The van der Waals surface area contributed by atoms with E-state index in [4.69, 9.17) is 14.2 Å². The number of ether oxygens (including phenoxy) is 3. The average Bonchev–Trinajstić information content (AvgIpc) is 2.55. The molecule has 134 valence electrons. The van der Waals surface area contributed by atoms with Crippen molar-refractivity contribution >= 4 is 6.16 Å². The molecule has 25 heavy (non-hydrogen) atoms. The van der Waals surface area contributed by atoms with Gasteiger partial charge in [0, 0.05) is 0 Å². The van der Waals surface area contributed by atoms with Crippen molar-refractivity contribution in [3.63, 3.8) is 0 Å². The smallest absolute Gasteiger partial charge is 0.507 e. The molecule has 2 rings (SSSR count). The second-order valence-corrected chi connectivity index (χ2v) is 5.70. The summed E-state index contributed by atoms with van der Waals surface area (Å²) in [6, 6.07) is 11.4. The van der Waals surface area contributed by atoms with Gasteiger partial charge < -0.3 is 19.3 Å². The molecule has 0 saturated heterocycles. The van der Waals surface area contributed by atoms with Gasteiger partial charge in [-0.05, 0) is 43.5 Å². The summed E-state index contributed by atoms with van der Waals surface area (Å²) < 4.78 is 15.2. The van der Waals surface area contributed by atoms with E-state index >= 15 is 0 Å². The lowest BCUT2D eigenvalue weighted by molar-refractivity contribution is 0.00702. The first-order valence-electron chi connectivity index (χ1n) is 8.40. The van der Waals surface area contributed by atoms with Gasteiger partial charge in [-0.3, -0.25) is 0 Å². The fourth-order valence-electron chi connectivity index (χ4n) is 2.59. The van der Waals surface area contributed by atoms with E-state index in [-0.39, 0.29) is 19.1 Å². The summed E-state index contributed by atoms with van der Waals surface area (Å²) >= 11 is 0. The highest BCUT2D eigenvalue weighted by molar-refractivity contribution is 5.77. The Morgan fingerprint density at radius 3 is 2.60 bits per heavy atom. The molecule has 0 aliphatic rings. The van der Waals surface area contributed by atoms with Crippen molar-refractivity contribution in [1.82, 2.24) is 0 Å². The Balaban J connectivity index is 2.31. The van der Waals surface area contributed by atoms with Gasteiger partial charge in [0.1, 0.15) is 11.5 Å². The Labute approximate surface area is 148 Å². The van der Waals surface area contributed by atoms with Gasteiger partial charge in [-0.25, -0.2) is 4.79 Å². The van der Waals surface area contributed by atoms with Gasteiger partial charge in [0.2, 0.25) is 6.79 Å². The lowest BCUT2D eigenvalue weighted by Crippen LogP contribution is -2.12. The van der Waals surface area contributed by atoms with Crippen LogP contribution in [0.4, 0.5) is 4.79 Å². The van der Waals surface area contributed by atoms with Gasteiger partial charge in [0.25, 0.3) is 0 Å². The molecular weight excluding hydrogens is 320 g/mol. The molecule has 0 spiro atoms. The third-order valence-electron chi connectivity index (χ3n) is 3.64. The number of carbonyl (C=O) groups is 1. The molecule has 0 amide bonds. The van der Waals surface area contributed by atoms with Crippen LogP contribution in [0, 0.1) is 6.92 Å². The molecule has 0 radical (unpaired) electrons. The predicted molar refractivity (Wildman–Crippen MR) is 95.9 cm³/mol. The standard InChI is InChI=1S/C20H24O5/c1-4-7-15-11-17(21)19(16-9-6-8-14(3)10-16)18(12-15)24-13-25-20(22)23-5-2/h6,8-12,21H,4-5,7,13H2,1-3H3. The molecule has 2 aromatic rings. The van der Waals surface area contributed by atoms with E-state index < -0.39 is 6.16 Å². The maximum Gasteiger partial charge on any atom is 0.511 e. The molecular formula is C20H24O5. The number of hydrogen-bond donors (Lipinski definition) is 1. The number of hydrogen-bond acceptors (Lipinski definition) is 5. The van der Waals surface area contributed by atoms with Crippen LogP contribution in [0.5, 0.6) is 11.5 Å². The van der Waals surface area contributed by atoms with Crippen LogP contribution in [0.3, 0.4) is 0 Å². The lowest BCUT2D eigenvalue weighted by atomic mass is 9.98. The summed E-state index contributed by atoms with van der Waals surface area (Å²) in [5.74, 6) is 0.612. The summed E-state index contributed by atoms with van der Waals surface area (Å²) in [7, 11) is 0. The number of benzene rings is 2. The molecule has 0 bridgehead atoms. The van der Waals surface area contributed by atoms with Crippen LogP contribution < -0.4 is 4.74 Å². The molecule has 0 saturated carbocycles. The summed E-state index contributed by atoms with van der Waals surface area (Å²) in [6.07, 6.45) is 0.979. The SMILES string of the molecule is CCCc1cc(O)c(-c2cccc(C)c2)c(OCOC(=O)OCC)c1. The van der Waals surface area contributed by atoms with Crippen molar-refractivity contribution in [3.8, 4) is 22.6 Å². The van der Waals surface area contributed by atoms with Crippen molar-refractivity contribution < 1.29 is 24.1 Å². The van der Waals surface area contributed by atoms with Gasteiger partial charge in [-0.2, -0.15) is 0 Å². The fraction of sp³-hybridized carbons (Fsp3) is 0.350. The van der Waals surface area contributed by atoms with Crippen LogP contribution >= 0.6 is 0 Å². The minimum atomic E-state index is -0.784. The monoisotopic (exact) mass is 344 g/mol. The molecule has 5 nitrogen and oxygen atoms in total. The number of phenolic OH excluding ortho intramolecular Hbond substituents is 1. The topological polar surface area (TPSA) is 65.0 Å². The van der Waals surface area contributed by atoms with E-state index in [1.807, 2.05) is 37.3 Å². The first-order chi connectivity index (χ1) is 12.0. The third kappa shape index (κ3) is 5.14. The Kier molecular flexibility index (Phi) is 6.69. The summed E-state index contributed by atoms with van der Waals surface area (Å²) in [4.78, 5) is 11.3. The first-order valence-corrected chi connectivity index (χ1v) is 8.40. The Morgan fingerprint density at radius 1 is 1.12 bits per heavy atom. The molecule has 1 N–H and O–H groups in total. The number of phenols is 1. The summed E-state index contributed by atoms with van der Waals surface area (Å²) in [6.45, 7) is 5.70. The minimum absolute atomic E-state index is 0.141. The van der Waals surface area contributed by atoms with Crippen molar-refractivity contribution in [3.05, 3.63) is 47.5 Å². The molecule has 0 aliphatic carbocycles. The van der Waals surface area contributed by atoms with E-state index in [0.29, 0.717) is 11.3 Å². The maximum atomic E-state index is 11.3. The minimum Gasteiger partial charge on any atom is -0.507 e. The van der Waals surface area contributed by atoms with E-state index in [2.05, 4.69) is 6.92 Å². The fourth-order valence-corrected chi connectivity index (χ4v) is 2.59. The number of carbonyl (C=O) groups excluding carboxylic acids is 1. The molecule has 0 unspecified atom stereocenters. The van der Waals surface area contributed by atoms with Crippen LogP contribution in [-0.4, -0.2) is 24.7 Å². The van der Waals surface area contributed by atoms with Crippen LogP contribution in [0.1, 0.15) is 31.4 Å². The zero-order valence-corrected chi connectivity index (χ0v) is 14.9. The van der Waals surface area contributed by atoms with E-state index in [0.717, 1.165) is 29.5 Å². The van der Waals surface area contributed by atoms with Crippen LogP contribution in [0.25, 0.3) is 11.1 Å². The Bertz CT molecular complexity index is 724. The van der Waals surface area contributed by atoms with Crippen molar-refractivity contribution in [2.24, 2.45) is 0 Å². The van der Waals surface area contributed by atoms with Crippen molar-refractivity contribution in [2.45, 2.75) is 33.6 Å². The largest absolute Gasteiger partial charge is 0.511 e. The van der Waals surface area contributed by atoms with E-state index in [9.17, 15) is 9.90 Å². The summed E-state index contributed by atoms with van der Waals surface area (Å²) in [5, 5.41) is 10.5. The Hall–Kier alpha value is -2.69. The first kappa shape index (κ1) is 18.6.